The summed E-state index contributed by atoms with van der Waals surface area (Å²) in [6.07, 6.45) is 1.50. The number of hydrogen-bond acceptors (Lipinski definition) is 3. The largest absolute Gasteiger partial charge is 0.327 e. The SMILES string of the molecule is Cn1cnc(=N)c2c1[nH]c(=O)n2C. The predicted molar refractivity (Wildman–Crippen MR) is 46.2 cm³/mol. The first kappa shape index (κ1) is 7.78. The van der Waals surface area contributed by atoms with Crippen molar-refractivity contribution >= 4 is 11.2 Å². The smallest absolute Gasteiger partial charge is 0.320 e. The number of aromatic amines is 1. The van der Waals surface area contributed by atoms with Crippen LogP contribution < -0.4 is 11.2 Å². The van der Waals surface area contributed by atoms with Gasteiger partial charge in [-0.05, 0) is 0 Å². The van der Waals surface area contributed by atoms with E-state index in [2.05, 4.69) is 9.97 Å². The lowest BCUT2D eigenvalue weighted by Gasteiger charge is -1.98. The number of aromatic nitrogens is 4. The lowest BCUT2D eigenvalue weighted by Crippen LogP contribution is -2.17. The van der Waals surface area contributed by atoms with Crippen molar-refractivity contribution in [1.29, 1.82) is 5.41 Å². The van der Waals surface area contributed by atoms with Crippen LogP contribution in [0.2, 0.25) is 0 Å². The number of hydrogen-bond donors (Lipinski definition) is 2. The molecule has 0 atom stereocenters. The number of imidazole rings is 1. The van der Waals surface area contributed by atoms with E-state index in [0.29, 0.717) is 11.2 Å². The summed E-state index contributed by atoms with van der Waals surface area (Å²) in [5.74, 6) is 0. The highest BCUT2D eigenvalue weighted by molar-refractivity contribution is 5.68. The quantitative estimate of drug-likeness (QED) is 0.548. The highest BCUT2D eigenvalue weighted by Gasteiger charge is 2.06. The second-order valence-electron chi connectivity index (χ2n) is 2.89. The van der Waals surface area contributed by atoms with Crippen LogP contribution in [0.15, 0.2) is 11.1 Å². The molecule has 0 unspecified atom stereocenters. The summed E-state index contributed by atoms with van der Waals surface area (Å²) < 4.78 is 3.06. The molecular weight excluding hydrogens is 170 g/mol. The number of aryl methyl sites for hydroxylation is 2. The van der Waals surface area contributed by atoms with Gasteiger partial charge in [0, 0.05) is 14.1 Å². The maximum absolute atomic E-state index is 11.2. The van der Waals surface area contributed by atoms with Crippen LogP contribution in [0, 0.1) is 5.41 Å². The van der Waals surface area contributed by atoms with Crippen LogP contribution in [0.3, 0.4) is 0 Å². The second kappa shape index (κ2) is 2.32. The summed E-state index contributed by atoms with van der Waals surface area (Å²) >= 11 is 0. The van der Waals surface area contributed by atoms with E-state index >= 15 is 0 Å². The predicted octanol–water partition coefficient (Wildman–Crippen LogP) is -0.920. The van der Waals surface area contributed by atoms with Gasteiger partial charge in [0.2, 0.25) is 0 Å². The van der Waals surface area contributed by atoms with E-state index in [1.54, 1.807) is 18.7 Å². The first-order chi connectivity index (χ1) is 6.11. The van der Waals surface area contributed by atoms with E-state index in [1.165, 1.54) is 10.9 Å². The zero-order valence-electron chi connectivity index (χ0n) is 7.33. The molecule has 0 aliphatic rings. The van der Waals surface area contributed by atoms with Crippen molar-refractivity contribution < 1.29 is 0 Å². The molecule has 0 fully saturated rings. The zero-order valence-corrected chi connectivity index (χ0v) is 7.33. The average Bonchev–Trinajstić information content (AvgIpc) is 2.38. The zero-order chi connectivity index (χ0) is 9.59. The van der Waals surface area contributed by atoms with Crippen LogP contribution in [0.4, 0.5) is 0 Å². The molecule has 13 heavy (non-hydrogen) atoms. The Balaban J connectivity index is 3.19. The Bertz CT molecular complexity index is 573. The highest BCUT2D eigenvalue weighted by atomic mass is 16.1. The molecule has 0 amide bonds. The van der Waals surface area contributed by atoms with Crippen LogP contribution in [-0.4, -0.2) is 19.1 Å². The van der Waals surface area contributed by atoms with Gasteiger partial charge in [0.1, 0.15) is 11.2 Å². The fourth-order valence-electron chi connectivity index (χ4n) is 1.29. The fraction of sp³-hybridized carbons (Fsp3) is 0.286. The summed E-state index contributed by atoms with van der Waals surface area (Å²) in [5, 5.41) is 7.51. The van der Waals surface area contributed by atoms with Gasteiger partial charge in [-0.15, -0.1) is 0 Å². The Labute approximate surface area is 73.0 Å². The highest BCUT2D eigenvalue weighted by Crippen LogP contribution is 1.99. The molecule has 0 saturated heterocycles. The third kappa shape index (κ3) is 0.915. The Hall–Kier alpha value is -1.85. The van der Waals surface area contributed by atoms with Gasteiger partial charge in [-0.2, -0.15) is 0 Å². The minimum absolute atomic E-state index is 0.106. The van der Waals surface area contributed by atoms with Crippen molar-refractivity contribution in [1.82, 2.24) is 19.1 Å². The van der Waals surface area contributed by atoms with Gasteiger partial charge in [-0.3, -0.25) is 15.0 Å². The van der Waals surface area contributed by atoms with Crippen molar-refractivity contribution in [3.8, 4) is 0 Å². The summed E-state index contributed by atoms with van der Waals surface area (Å²) in [5.41, 5.74) is 1.02. The van der Waals surface area contributed by atoms with Crippen molar-refractivity contribution in [3.63, 3.8) is 0 Å². The first-order valence-electron chi connectivity index (χ1n) is 3.76. The van der Waals surface area contributed by atoms with Crippen LogP contribution in [0.1, 0.15) is 0 Å². The van der Waals surface area contributed by atoms with E-state index in [4.69, 9.17) is 5.41 Å². The van der Waals surface area contributed by atoms with Gasteiger partial charge in [0.05, 0.1) is 6.33 Å². The van der Waals surface area contributed by atoms with Crippen LogP contribution >= 0.6 is 0 Å². The van der Waals surface area contributed by atoms with Gasteiger partial charge >= 0.3 is 5.69 Å². The summed E-state index contributed by atoms with van der Waals surface area (Å²) in [6, 6.07) is 0. The summed E-state index contributed by atoms with van der Waals surface area (Å²) in [6.45, 7) is 0. The van der Waals surface area contributed by atoms with E-state index in [1.807, 2.05) is 0 Å². The topological polar surface area (TPSA) is 79.5 Å². The first-order valence-corrected chi connectivity index (χ1v) is 3.76. The molecule has 2 aromatic heterocycles. The molecule has 2 rings (SSSR count). The van der Waals surface area contributed by atoms with E-state index < -0.39 is 0 Å². The molecule has 6 nitrogen and oxygen atoms in total. The molecule has 2 heterocycles. The Kier molecular flexibility index (Phi) is 1.39. The molecule has 2 aromatic rings. The standard InChI is InChI=1S/C7H9N5O/c1-11-3-9-5(8)4-6(11)10-7(13)12(4)2/h3,8H,1-2H3,(H,10,13). The second-order valence-corrected chi connectivity index (χ2v) is 2.89. The van der Waals surface area contributed by atoms with Gasteiger partial charge in [0.25, 0.3) is 0 Å². The van der Waals surface area contributed by atoms with Gasteiger partial charge in [-0.25, -0.2) is 9.78 Å². The fourth-order valence-corrected chi connectivity index (χ4v) is 1.29. The number of nitrogens with zero attached hydrogens (tertiary/aromatic N) is 3. The Morgan fingerprint density at radius 2 is 2.23 bits per heavy atom. The molecule has 68 valence electrons. The Morgan fingerprint density at radius 1 is 1.54 bits per heavy atom. The van der Waals surface area contributed by atoms with Crippen molar-refractivity contribution in [2.45, 2.75) is 0 Å². The molecule has 0 radical (unpaired) electrons. The molecule has 0 spiro atoms. The van der Waals surface area contributed by atoms with Crippen molar-refractivity contribution in [3.05, 3.63) is 22.3 Å². The van der Waals surface area contributed by atoms with Crippen molar-refractivity contribution in [2.75, 3.05) is 0 Å². The number of fused-ring (bicyclic) bond motifs is 1. The van der Waals surface area contributed by atoms with Crippen molar-refractivity contribution in [2.24, 2.45) is 14.1 Å². The van der Waals surface area contributed by atoms with Crippen LogP contribution in [-0.2, 0) is 14.1 Å². The third-order valence-electron chi connectivity index (χ3n) is 2.03. The average molecular weight is 179 g/mol. The van der Waals surface area contributed by atoms with Gasteiger partial charge < -0.3 is 4.57 Å². The van der Waals surface area contributed by atoms with Crippen LogP contribution in [0.5, 0.6) is 0 Å². The molecule has 6 heteroatoms. The number of rotatable bonds is 0. The summed E-state index contributed by atoms with van der Waals surface area (Å²) in [4.78, 5) is 17.7. The maximum Gasteiger partial charge on any atom is 0.327 e. The molecule has 2 N–H and O–H groups in total. The van der Waals surface area contributed by atoms with E-state index in [-0.39, 0.29) is 11.2 Å². The molecule has 0 aliphatic carbocycles. The maximum atomic E-state index is 11.2. The number of nitrogens with one attached hydrogen (secondary N) is 2. The molecule has 0 aromatic carbocycles. The number of H-pyrrole nitrogens is 1. The van der Waals surface area contributed by atoms with E-state index in [9.17, 15) is 4.79 Å². The lowest BCUT2D eigenvalue weighted by atomic mass is 10.5. The minimum Gasteiger partial charge on any atom is -0.320 e. The molecule has 0 saturated carbocycles. The van der Waals surface area contributed by atoms with E-state index in [0.717, 1.165) is 0 Å². The van der Waals surface area contributed by atoms with Gasteiger partial charge in [0.15, 0.2) is 5.49 Å². The normalized spacial score (nSPS) is 10.9. The Morgan fingerprint density at radius 3 is 2.85 bits per heavy atom. The third-order valence-corrected chi connectivity index (χ3v) is 2.03. The molecule has 0 aliphatic heterocycles. The van der Waals surface area contributed by atoms with Gasteiger partial charge in [-0.1, -0.05) is 0 Å². The summed E-state index contributed by atoms with van der Waals surface area (Å²) in [7, 11) is 3.38. The lowest BCUT2D eigenvalue weighted by molar-refractivity contribution is 0.862. The molecular formula is C7H9N5O. The molecule has 0 bridgehead atoms. The minimum atomic E-state index is -0.230. The monoisotopic (exact) mass is 179 g/mol. The van der Waals surface area contributed by atoms with Crippen LogP contribution in [0.25, 0.3) is 11.2 Å².